The van der Waals surface area contributed by atoms with Crippen LogP contribution in [0.5, 0.6) is 11.5 Å². The topological polar surface area (TPSA) is 64.6 Å². The average Bonchev–Trinajstić information content (AvgIpc) is 2.70. The minimum atomic E-state index is -0.360. The maximum atomic E-state index is 12.3. The molecule has 5 heteroatoms. The number of carbonyl (C=O) groups is 2. The molecule has 0 aliphatic rings. The molecule has 0 fully saturated rings. The van der Waals surface area contributed by atoms with E-state index >= 15 is 0 Å². The zero-order valence-electron chi connectivity index (χ0n) is 15.8. The number of ether oxygens (including phenoxy) is 2. The molecule has 0 spiro atoms. The van der Waals surface area contributed by atoms with Crippen LogP contribution < -0.4 is 14.8 Å². The minimum absolute atomic E-state index is 0.163. The van der Waals surface area contributed by atoms with E-state index in [4.69, 9.17) is 9.47 Å². The highest BCUT2D eigenvalue weighted by Gasteiger charge is 2.09. The van der Waals surface area contributed by atoms with Gasteiger partial charge < -0.3 is 14.8 Å². The predicted molar refractivity (Wildman–Crippen MR) is 108 cm³/mol. The Labute approximate surface area is 163 Å². The Morgan fingerprint density at radius 2 is 1.57 bits per heavy atom. The minimum Gasteiger partial charge on any atom is -0.497 e. The van der Waals surface area contributed by atoms with E-state index in [1.807, 2.05) is 37.3 Å². The van der Waals surface area contributed by atoms with E-state index in [0.717, 1.165) is 16.9 Å². The molecule has 0 unspecified atom stereocenters. The Hall–Kier alpha value is -3.60. The number of carbonyl (C=O) groups excluding carboxylic acids is 2. The number of hydrogen-bond donors (Lipinski definition) is 1. The van der Waals surface area contributed by atoms with Crippen LogP contribution >= 0.6 is 0 Å². The van der Waals surface area contributed by atoms with Crippen molar-refractivity contribution in [3.63, 3.8) is 0 Å². The van der Waals surface area contributed by atoms with Gasteiger partial charge in [0.05, 0.1) is 13.5 Å². The molecule has 3 aromatic carbocycles. The predicted octanol–water partition coefficient (Wildman–Crippen LogP) is 4.40. The number of benzene rings is 3. The van der Waals surface area contributed by atoms with Gasteiger partial charge in [0.25, 0.3) is 5.91 Å². The van der Waals surface area contributed by atoms with Gasteiger partial charge in [-0.05, 0) is 61.0 Å². The number of methoxy groups -OCH3 is 1. The average molecular weight is 375 g/mol. The molecule has 3 rings (SSSR count). The Kier molecular flexibility index (Phi) is 6.07. The van der Waals surface area contributed by atoms with Crippen molar-refractivity contribution in [3.8, 4) is 11.5 Å². The first kappa shape index (κ1) is 19.2. The van der Waals surface area contributed by atoms with Gasteiger partial charge in [-0.3, -0.25) is 9.59 Å². The molecular weight excluding hydrogens is 354 g/mol. The third-order valence-electron chi connectivity index (χ3n) is 4.13. The molecular formula is C23H21NO4. The van der Waals surface area contributed by atoms with Crippen molar-refractivity contribution in [3.05, 3.63) is 89.5 Å². The number of esters is 1. The Morgan fingerprint density at radius 1 is 0.893 bits per heavy atom. The summed E-state index contributed by atoms with van der Waals surface area (Å²) in [6.07, 6.45) is 0.163. The van der Waals surface area contributed by atoms with Crippen LogP contribution in [0.1, 0.15) is 21.5 Å². The van der Waals surface area contributed by atoms with Gasteiger partial charge in [-0.1, -0.05) is 29.8 Å². The second-order valence-corrected chi connectivity index (χ2v) is 6.35. The third-order valence-corrected chi connectivity index (χ3v) is 4.13. The van der Waals surface area contributed by atoms with Gasteiger partial charge in [0, 0.05) is 11.3 Å². The summed E-state index contributed by atoms with van der Waals surface area (Å²) >= 11 is 0. The number of hydrogen-bond acceptors (Lipinski definition) is 4. The molecule has 0 saturated heterocycles. The number of aryl methyl sites for hydroxylation is 1. The van der Waals surface area contributed by atoms with Gasteiger partial charge >= 0.3 is 5.97 Å². The van der Waals surface area contributed by atoms with E-state index in [0.29, 0.717) is 17.0 Å². The van der Waals surface area contributed by atoms with Crippen molar-refractivity contribution < 1.29 is 19.1 Å². The van der Waals surface area contributed by atoms with Crippen LogP contribution in [0.15, 0.2) is 72.8 Å². The zero-order valence-corrected chi connectivity index (χ0v) is 15.8. The van der Waals surface area contributed by atoms with Crippen molar-refractivity contribution in [2.45, 2.75) is 13.3 Å². The van der Waals surface area contributed by atoms with Crippen LogP contribution in [-0.4, -0.2) is 19.0 Å². The lowest BCUT2D eigenvalue weighted by Crippen LogP contribution is -2.13. The fourth-order valence-electron chi connectivity index (χ4n) is 2.67. The molecule has 1 N–H and O–H groups in total. The fraction of sp³-hybridized carbons (Fsp3) is 0.130. The van der Waals surface area contributed by atoms with E-state index in [2.05, 4.69) is 5.32 Å². The number of nitrogens with one attached hydrogen (secondary N) is 1. The van der Waals surface area contributed by atoms with Gasteiger partial charge in [0.1, 0.15) is 11.5 Å². The highest BCUT2D eigenvalue weighted by atomic mass is 16.5. The third kappa shape index (κ3) is 5.20. The summed E-state index contributed by atoms with van der Waals surface area (Å²) in [5.41, 5.74) is 3.08. The molecule has 3 aromatic rings. The van der Waals surface area contributed by atoms with Crippen LogP contribution in [0.3, 0.4) is 0 Å². The van der Waals surface area contributed by atoms with E-state index < -0.39 is 0 Å². The molecule has 0 radical (unpaired) electrons. The molecule has 28 heavy (non-hydrogen) atoms. The van der Waals surface area contributed by atoms with Gasteiger partial charge in [-0.15, -0.1) is 0 Å². The number of amides is 1. The van der Waals surface area contributed by atoms with Gasteiger partial charge in [0.15, 0.2) is 0 Å². The standard InChI is InChI=1S/C23H21NO4/c1-16-4-3-5-18(14-16)23(26)24-19-8-12-21(13-9-19)28-22(25)15-17-6-10-20(27-2)11-7-17/h3-14H,15H2,1-2H3,(H,24,26). The number of anilines is 1. The highest BCUT2D eigenvalue weighted by molar-refractivity contribution is 6.04. The van der Waals surface area contributed by atoms with E-state index in [-0.39, 0.29) is 18.3 Å². The van der Waals surface area contributed by atoms with Crippen LogP contribution in [0.2, 0.25) is 0 Å². The zero-order chi connectivity index (χ0) is 19.9. The molecule has 142 valence electrons. The van der Waals surface area contributed by atoms with E-state index in [1.54, 1.807) is 49.6 Å². The maximum absolute atomic E-state index is 12.3. The maximum Gasteiger partial charge on any atom is 0.315 e. The Balaban J connectivity index is 1.56. The van der Waals surface area contributed by atoms with Crippen LogP contribution in [0.4, 0.5) is 5.69 Å². The van der Waals surface area contributed by atoms with Gasteiger partial charge in [0.2, 0.25) is 0 Å². The molecule has 0 aliphatic carbocycles. The number of rotatable bonds is 6. The van der Waals surface area contributed by atoms with Crippen LogP contribution in [0, 0.1) is 6.92 Å². The Bertz CT molecular complexity index is 963. The van der Waals surface area contributed by atoms with Crippen molar-refractivity contribution in [2.24, 2.45) is 0 Å². The lowest BCUT2D eigenvalue weighted by Gasteiger charge is -2.08. The second kappa shape index (κ2) is 8.86. The lowest BCUT2D eigenvalue weighted by atomic mass is 10.1. The quantitative estimate of drug-likeness (QED) is 0.512. The summed E-state index contributed by atoms with van der Waals surface area (Å²) in [7, 11) is 1.59. The van der Waals surface area contributed by atoms with Crippen molar-refractivity contribution in [1.29, 1.82) is 0 Å². The van der Waals surface area contributed by atoms with Crippen molar-refractivity contribution in [2.75, 3.05) is 12.4 Å². The van der Waals surface area contributed by atoms with Crippen LogP contribution in [-0.2, 0) is 11.2 Å². The van der Waals surface area contributed by atoms with Crippen molar-refractivity contribution >= 4 is 17.6 Å². The summed E-state index contributed by atoms with van der Waals surface area (Å²) in [4.78, 5) is 24.4. The monoisotopic (exact) mass is 375 g/mol. The largest absolute Gasteiger partial charge is 0.497 e. The smallest absolute Gasteiger partial charge is 0.315 e. The molecule has 0 saturated carbocycles. The summed E-state index contributed by atoms with van der Waals surface area (Å²) in [6.45, 7) is 1.94. The molecule has 5 nitrogen and oxygen atoms in total. The van der Waals surface area contributed by atoms with E-state index in [1.165, 1.54) is 0 Å². The summed E-state index contributed by atoms with van der Waals surface area (Å²) in [5.74, 6) is 0.613. The lowest BCUT2D eigenvalue weighted by molar-refractivity contribution is -0.133. The molecule has 0 atom stereocenters. The summed E-state index contributed by atoms with van der Waals surface area (Å²) in [6, 6.07) is 21.3. The molecule has 0 bridgehead atoms. The normalized spacial score (nSPS) is 10.2. The molecule has 0 aromatic heterocycles. The first-order chi connectivity index (χ1) is 13.5. The van der Waals surface area contributed by atoms with Gasteiger partial charge in [-0.2, -0.15) is 0 Å². The highest BCUT2D eigenvalue weighted by Crippen LogP contribution is 2.18. The van der Waals surface area contributed by atoms with E-state index in [9.17, 15) is 9.59 Å². The molecule has 0 heterocycles. The summed E-state index contributed by atoms with van der Waals surface area (Å²) in [5, 5.41) is 2.83. The SMILES string of the molecule is COc1ccc(CC(=O)Oc2ccc(NC(=O)c3cccc(C)c3)cc2)cc1. The molecule has 0 aliphatic heterocycles. The fourth-order valence-corrected chi connectivity index (χ4v) is 2.67. The first-order valence-electron chi connectivity index (χ1n) is 8.85. The first-order valence-corrected chi connectivity index (χ1v) is 8.85. The summed E-state index contributed by atoms with van der Waals surface area (Å²) < 4.78 is 10.4. The van der Waals surface area contributed by atoms with Gasteiger partial charge in [-0.25, -0.2) is 0 Å². The second-order valence-electron chi connectivity index (χ2n) is 6.35. The molecule has 1 amide bonds. The van der Waals surface area contributed by atoms with Crippen LogP contribution in [0.25, 0.3) is 0 Å². The van der Waals surface area contributed by atoms with Crippen molar-refractivity contribution in [1.82, 2.24) is 0 Å². The Morgan fingerprint density at radius 3 is 2.21 bits per heavy atom.